The molecule has 7 rings (SSSR count). The molecule has 0 spiro atoms. The van der Waals surface area contributed by atoms with Crippen LogP contribution in [0.15, 0.2) is 0 Å². The van der Waals surface area contributed by atoms with Crippen LogP contribution >= 0.6 is 0 Å². The zero-order chi connectivity index (χ0) is 76.1. The van der Waals surface area contributed by atoms with E-state index in [0.29, 0.717) is 0 Å². The Morgan fingerprint density at radius 3 is 1.10 bits per heavy atom. The molecule has 7 aliphatic heterocycles. The summed E-state index contributed by atoms with van der Waals surface area (Å²) in [5, 5.41) is 260. The minimum Gasteiger partial charge on any atom is -0.477 e. The summed E-state index contributed by atoms with van der Waals surface area (Å²) >= 11 is 0. The lowest BCUT2D eigenvalue weighted by atomic mass is 9.88. The predicted octanol–water partition coefficient (Wildman–Crippen LogP) is -17.3. The second-order valence-corrected chi connectivity index (χ2v) is 25.4. The van der Waals surface area contributed by atoms with Gasteiger partial charge in [0.05, 0.1) is 70.5 Å². The summed E-state index contributed by atoms with van der Waals surface area (Å²) in [6, 6.07) is -7.12. The van der Waals surface area contributed by atoms with Crippen LogP contribution in [0.5, 0.6) is 0 Å². The molecule has 7 fully saturated rings. The van der Waals surface area contributed by atoms with E-state index in [1.165, 1.54) is 0 Å². The lowest BCUT2D eigenvalue weighted by molar-refractivity contribution is -0.388. The molecule has 27 N–H and O–H groups in total. The van der Waals surface area contributed by atoms with Gasteiger partial charge in [0.15, 0.2) is 31.5 Å². The maximum absolute atomic E-state index is 13.1. The van der Waals surface area contributed by atoms with Crippen LogP contribution in [0.25, 0.3) is 0 Å². The molecule has 37 atom stereocenters. The molecule has 4 amide bonds. The first kappa shape index (κ1) is 84.7. The van der Waals surface area contributed by atoms with Crippen LogP contribution in [-0.4, -0.2) is 425 Å². The van der Waals surface area contributed by atoms with E-state index in [0.717, 1.165) is 27.7 Å². The molecule has 0 aromatic rings. The number of aliphatic hydroxyl groups excluding tert-OH is 21. The average Bonchev–Trinajstić information content (AvgIpc) is 0.760. The van der Waals surface area contributed by atoms with Crippen LogP contribution in [0.2, 0.25) is 0 Å². The lowest BCUT2D eigenvalue weighted by Crippen LogP contribution is -2.71. The molecule has 0 aromatic carbocycles. The van der Waals surface area contributed by atoms with Crippen molar-refractivity contribution in [2.45, 2.75) is 266 Å². The van der Waals surface area contributed by atoms with Crippen molar-refractivity contribution in [3.63, 3.8) is 0 Å². The first-order chi connectivity index (χ1) is 47.9. The van der Waals surface area contributed by atoms with E-state index in [-0.39, 0.29) is 0 Å². The van der Waals surface area contributed by atoms with Gasteiger partial charge < -0.3 is 200 Å². The van der Waals surface area contributed by atoms with Crippen molar-refractivity contribution in [2.24, 2.45) is 0 Å². The van der Waals surface area contributed by atoms with Gasteiger partial charge in [-0.2, -0.15) is 0 Å². The van der Waals surface area contributed by atoms with Crippen molar-refractivity contribution in [3.05, 3.63) is 0 Å². The first-order valence-electron chi connectivity index (χ1n) is 31.9. The minimum absolute atomic E-state index is 0.843. The first-order valence-corrected chi connectivity index (χ1v) is 31.9. The number of aliphatic hydroxyl groups is 21. The van der Waals surface area contributed by atoms with E-state index < -0.39 is 321 Å². The van der Waals surface area contributed by atoms with Gasteiger partial charge in [-0.05, 0) is 0 Å². The molecule has 0 saturated carbocycles. The van der Waals surface area contributed by atoms with Gasteiger partial charge in [-0.15, -0.1) is 0 Å². The summed E-state index contributed by atoms with van der Waals surface area (Å²) < 4.78 is 74.4. The normalized spacial score (nSPS) is 44.6. The Labute approximate surface area is 576 Å². The van der Waals surface area contributed by atoms with Crippen molar-refractivity contribution in [1.29, 1.82) is 0 Å². The monoisotopic (exact) mass is 1490 g/mol. The van der Waals surface area contributed by atoms with Crippen LogP contribution in [0, 0.1) is 0 Å². The largest absolute Gasteiger partial charge is 0.477 e. The summed E-state index contributed by atoms with van der Waals surface area (Å²) in [5.41, 5.74) is 0. The molecule has 46 nitrogen and oxygen atoms in total. The third-order valence-electron chi connectivity index (χ3n) is 18.1. The number of carbonyl (C=O) groups is 6. The van der Waals surface area contributed by atoms with Crippen LogP contribution in [0.3, 0.4) is 0 Å². The van der Waals surface area contributed by atoms with Crippen molar-refractivity contribution < 1.29 is 208 Å². The Morgan fingerprint density at radius 1 is 0.402 bits per heavy atom. The zero-order valence-electron chi connectivity index (χ0n) is 54.6. The molecule has 7 saturated heterocycles. The van der Waals surface area contributed by atoms with Crippen molar-refractivity contribution in [3.8, 4) is 0 Å². The molecule has 0 unspecified atom stereocenters. The van der Waals surface area contributed by atoms with E-state index in [9.17, 15) is 146 Å². The van der Waals surface area contributed by atoms with Gasteiger partial charge in [-0.25, -0.2) is 9.59 Å². The fourth-order valence-corrected chi connectivity index (χ4v) is 12.9. The Hall–Kier alpha value is -4.54. The number of ether oxygens (including phenoxy) is 13. The van der Waals surface area contributed by atoms with Gasteiger partial charge in [0.1, 0.15) is 159 Å². The second kappa shape index (κ2) is 35.9. The number of carboxylic acid groups (broad SMARTS) is 2. The highest BCUT2D eigenvalue weighted by Crippen LogP contribution is 2.42. The summed E-state index contributed by atoms with van der Waals surface area (Å²) in [5.74, 6) is -14.2. The summed E-state index contributed by atoms with van der Waals surface area (Å²) in [4.78, 5) is 75.7. The van der Waals surface area contributed by atoms with Gasteiger partial charge in [0.25, 0.3) is 11.6 Å². The molecule has 7 heterocycles. The predicted molar refractivity (Wildman–Crippen MR) is 313 cm³/mol. The standard InChI is InChI=1S/C56H92N4O42/c1-14(67)57-27-18(71)5-55(53(86)87,99-43(27)31(75)20(73)7-61)101-45-34(78)22(9-63)92-51(39(45)83)96-41-24(11-65)94-49(29(36(41)80)59-16(3)69)90-13-26-33(77)38(82)47(48(85)91-26)98-50-30(60-17(4)70)37(81)42(25(12-66)95-50)97-52-40(84)46(35(79)23(10-64)93-52)102-56(54(88)89)6-19(72)28(58-15(2)68)44(100-56)32(76)21(74)8-62/h18-52,61-66,71-85H,5-13H2,1-4H3,(H,57,67)(H,58,68)(H,59,69)(H,60,70)(H,86,87)(H,88,89)/t18-,19-,20+,21+,22+,23+,24+,25+,26+,27+,28+,29+,30+,31+,32+,33+,34-,35-,36+,37+,38-,39+,40+,41+,42+,43+,44+,45-,46-,47-,48+,49+,50-,51-,52-,55-,56-/m0/s1. The SMILES string of the molecule is CC(=O)N[C@H]1[C@H](OC[C@H]2O[C@@H](O)[C@@H](O[C@@H]3O[C@H](CO)[C@@H](O[C@@H]4O[C@H](CO)[C@H](O)[C@H](O[C@]5(C(=O)O)C[C@H](O)[C@@H](NC(C)=O)[C@H]([C@H](O)[C@H](O)CO)O5)[C@H]4O)[C@H](O)[C@H]3NC(C)=O)[C@@H](O)[C@@H]2O)O[C@H](CO)[C@@H](O[C@@H]2O[C@H](CO)[C@H](O)[C@H](O[C@]3(C(=O)O)C[C@H](O)[C@@H](NC(C)=O)[C@H]([C@H](O)[C@H](O)CO)O3)[C@H]2O)[C@@H]1O. The van der Waals surface area contributed by atoms with Crippen LogP contribution < -0.4 is 21.3 Å². The molecule has 0 radical (unpaired) electrons. The third-order valence-corrected chi connectivity index (χ3v) is 18.1. The molecular weight excluding hydrogens is 1400 g/mol. The number of aliphatic carboxylic acids is 2. The van der Waals surface area contributed by atoms with E-state index in [1.807, 2.05) is 0 Å². The fraction of sp³-hybridized carbons (Fsp3) is 0.893. The molecule has 588 valence electrons. The topological polar surface area (TPSA) is 736 Å². The highest BCUT2D eigenvalue weighted by Gasteiger charge is 2.64. The number of amides is 4. The molecule has 7 aliphatic rings. The molecule has 46 heteroatoms. The maximum atomic E-state index is 13.1. The van der Waals surface area contributed by atoms with Crippen LogP contribution in [-0.2, 0) is 90.3 Å². The quantitative estimate of drug-likeness (QED) is 0.0331. The molecule has 102 heavy (non-hydrogen) atoms. The van der Waals surface area contributed by atoms with E-state index >= 15 is 0 Å². The lowest BCUT2D eigenvalue weighted by Gasteiger charge is -2.51. The van der Waals surface area contributed by atoms with E-state index in [1.54, 1.807) is 0 Å². The fourth-order valence-electron chi connectivity index (χ4n) is 12.9. The molecule has 0 aromatic heterocycles. The summed E-state index contributed by atoms with van der Waals surface area (Å²) in [6.07, 6.45) is -68.6. The Balaban J connectivity index is 1.04. The average molecular weight is 1490 g/mol. The number of nitrogens with one attached hydrogen (secondary N) is 4. The van der Waals surface area contributed by atoms with Gasteiger partial charge in [-0.3, -0.25) is 19.2 Å². The van der Waals surface area contributed by atoms with Crippen LogP contribution in [0.1, 0.15) is 40.5 Å². The Kier molecular flexibility index (Phi) is 29.8. The van der Waals surface area contributed by atoms with Gasteiger partial charge >= 0.3 is 11.9 Å². The van der Waals surface area contributed by atoms with Crippen LogP contribution in [0.4, 0.5) is 0 Å². The Morgan fingerprint density at radius 2 is 0.745 bits per heavy atom. The van der Waals surface area contributed by atoms with Gasteiger partial charge in [-0.1, -0.05) is 0 Å². The number of rotatable bonds is 29. The maximum Gasteiger partial charge on any atom is 0.364 e. The summed E-state index contributed by atoms with van der Waals surface area (Å²) in [7, 11) is 0. The van der Waals surface area contributed by atoms with E-state index in [4.69, 9.17) is 61.6 Å². The number of carboxylic acids is 2. The highest BCUT2D eigenvalue weighted by atomic mass is 16.8. The van der Waals surface area contributed by atoms with Gasteiger partial charge in [0.2, 0.25) is 23.6 Å². The highest BCUT2D eigenvalue weighted by molar-refractivity contribution is 5.78. The number of carbonyl (C=O) groups excluding carboxylic acids is 4. The second-order valence-electron chi connectivity index (χ2n) is 25.4. The van der Waals surface area contributed by atoms with Crippen molar-refractivity contribution >= 4 is 35.6 Å². The van der Waals surface area contributed by atoms with Crippen molar-refractivity contribution in [1.82, 2.24) is 21.3 Å². The van der Waals surface area contributed by atoms with Gasteiger partial charge in [0, 0.05) is 40.5 Å². The summed E-state index contributed by atoms with van der Waals surface area (Å²) in [6.45, 7) is -4.08. The molecular formula is C56H92N4O42. The third kappa shape index (κ3) is 18.5. The molecule has 0 aliphatic carbocycles. The smallest absolute Gasteiger partial charge is 0.364 e. The minimum atomic E-state index is -3.23. The van der Waals surface area contributed by atoms with Crippen molar-refractivity contribution in [2.75, 3.05) is 46.2 Å². The number of hydrogen-bond acceptors (Lipinski definition) is 40. The molecule has 0 bridgehead atoms. The number of hydrogen-bond donors (Lipinski definition) is 27. The zero-order valence-corrected chi connectivity index (χ0v) is 54.6. The van der Waals surface area contributed by atoms with E-state index in [2.05, 4.69) is 21.3 Å². The Bertz CT molecular complexity index is 2770.